The van der Waals surface area contributed by atoms with Crippen LogP contribution in [0.2, 0.25) is 0 Å². The van der Waals surface area contributed by atoms with Crippen molar-refractivity contribution in [3.63, 3.8) is 0 Å². The molecule has 0 aliphatic carbocycles. The molecular formula is C74H95N19O28. The van der Waals surface area contributed by atoms with E-state index >= 15 is 0 Å². The lowest BCUT2D eigenvalue weighted by atomic mass is 10.0. The number of nitrogens with two attached hydrogens (primary N) is 1. The van der Waals surface area contributed by atoms with Crippen molar-refractivity contribution in [2.24, 2.45) is 5.73 Å². The Morgan fingerprint density at radius 2 is 0.421 bits per heavy atom. The zero-order valence-electron chi connectivity index (χ0n) is 64.5. The van der Waals surface area contributed by atoms with Gasteiger partial charge in [-0.3, -0.25) is 101 Å². The third kappa shape index (κ3) is 38.5. The van der Waals surface area contributed by atoms with E-state index in [0.717, 1.165) is 0 Å². The van der Waals surface area contributed by atoms with E-state index in [1.807, 2.05) is 0 Å². The van der Waals surface area contributed by atoms with Crippen LogP contribution in [0.3, 0.4) is 0 Å². The van der Waals surface area contributed by atoms with Crippen molar-refractivity contribution in [3.8, 4) is 0 Å². The van der Waals surface area contributed by atoms with E-state index in [9.17, 15) is 131 Å². The van der Waals surface area contributed by atoms with E-state index in [1.54, 1.807) is 109 Å². The molecule has 18 amide bonds. The molecule has 0 aliphatic rings. The molecule has 0 heterocycles. The highest BCUT2D eigenvalue weighted by molar-refractivity contribution is 6.01. The molecule has 0 radical (unpaired) electrons. The molecule has 0 fully saturated rings. The summed E-state index contributed by atoms with van der Waals surface area (Å²) in [4.78, 5) is 271. The van der Waals surface area contributed by atoms with Gasteiger partial charge in [-0.05, 0) is 22.3 Å². The molecule has 121 heavy (non-hydrogen) atoms. The Morgan fingerprint density at radius 1 is 0.223 bits per heavy atom. The molecule has 0 saturated heterocycles. The Labute approximate surface area is 687 Å². The number of nitrogens with one attached hydrogen (secondary N) is 18. The van der Waals surface area contributed by atoms with Crippen LogP contribution in [0.15, 0.2) is 121 Å². The molecule has 0 saturated carbocycles. The SMILES string of the molecule is NCC(=O)NCC(=O)NCC(=O)N[C@@H](CC(=O)O)C(=O)NCC(=O)N[C@@H](CO)C(=O)N[C@@H](Cc1ccccc1)C(=O)N[C@@H](CO)C(=O)NCC(=O)N[C@@H](Cc1ccccc1)C(=O)NCC(=O)N[C@@H](CC(=O)O)C(=O)NCC(=O)N[C@@H](CO)C(=O)N[C@@H](Cc1ccccc1)C(=O)N[C@@H](CO)C(=O)NCC(=O)N[C@@H](Cc1ccccc1)C(=O)NCC(=O)O. The third-order valence-corrected chi connectivity index (χ3v) is 16.7. The van der Waals surface area contributed by atoms with Crippen LogP contribution in [0.25, 0.3) is 0 Å². The van der Waals surface area contributed by atoms with Crippen molar-refractivity contribution in [1.82, 2.24) is 95.7 Å². The largest absolute Gasteiger partial charge is 0.481 e. The van der Waals surface area contributed by atoms with Gasteiger partial charge in [0.25, 0.3) is 0 Å². The highest BCUT2D eigenvalue weighted by Crippen LogP contribution is 2.10. The number of aliphatic carboxylic acids is 3. The molecule has 0 unspecified atom stereocenters. The monoisotopic (exact) mass is 1700 g/mol. The first kappa shape index (κ1) is 98.9. The molecule has 47 heteroatoms. The summed E-state index contributed by atoms with van der Waals surface area (Å²) in [5.74, 6) is -24.4. The summed E-state index contributed by atoms with van der Waals surface area (Å²) in [5.41, 5.74) is 6.97. The van der Waals surface area contributed by atoms with E-state index in [0.29, 0.717) is 22.3 Å². The Kier molecular flexibility index (Phi) is 43.3. The fourth-order valence-corrected chi connectivity index (χ4v) is 10.6. The average Bonchev–Trinajstić information content (AvgIpc) is 0.863. The second kappa shape index (κ2) is 53.0. The molecule has 4 aromatic rings. The van der Waals surface area contributed by atoms with Crippen molar-refractivity contribution in [3.05, 3.63) is 144 Å². The number of hydrogen-bond acceptors (Lipinski definition) is 26. The fraction of sp³-hybridized carbons (Fsp3) is 0.392. The van der Waals surface area contributed by atoms with Gasteiger partial charge in [0.05, 0.1) is 91.6 Å². The first-order valence-electron chi connectivity index (χ1n) is 36.8. The van der Waals surface area contributed by atoms with Crippen LogP contribution in [0.1, 0.15) is 35.1 Å². The normalized spacial score (nSPS) is 13.1. The molecule has 4 aromatic carbocycles. The maximum atomic E-state index is 13.9. The Morgan fingerprint density at radius 3 is 0.686 bits per heavy atom. The smallest absolute Gasteiger partial charge is 0.322 e. The summed E-state index contributed by atoms with van der Waals surface area (Å²) in [7, 11) is 0. The molecule has 4 rings (SSSR count). The van der Waals surface area contributed by atoms with Crippen LogP contribution in [0.4, 0.5) is 0 Å². The van der Waals surface area contributed by atoms with Gasteiger partial charge < -0.3 is 137 Å². The number of aliphatic hydroxyl groups excluding tert-OH is 4. The maximum absolute atomic E-state index is 13.9. The molecule has 0 bridgehead atoms. The van der Waals surface area contributed by atoms with Gasteiger partial charge in [-0.25, -0.2) is 0 Å². The summed E-state index contributed by atoms with van der Waals surface area (Å²) in [6.45, 7) is -11.9. The number of carboxylic acids is 3. The van der Waals surface area contributed by atoms with Crippen molar-refractivity contribution >= 4 is 124 Å². The molecule has 10 atom stereocenters. The van der Waals surface area contributed by atoms with Crippen LogP contribution in [0, 0.1) is 0 Å². The predicted molar refractivity (Wildman–Crippen MR) is 414 cm³/mol. The number of carbonyl (C=O) groups excluding carboxylic acids is 18. The number of carboxylic acid groups (broad SMARTS) is 3. The van der Waals surface area contributed by atoms with Gasteiger partial charge in [0, 0.05) is 25.7 Å². The lowest BCUT2D eigenvalue weighted by molar-refractivity contribution is -0.141. The van der Waals surface area contributed by atoms with Crippen LogP contribution < -0.4 is 101 Å². The third-order valence-electron chi connectivity index (χ3n) is 16.7. The minimum Gasteiger partial charge on any atom is -0.481 e. The molecule has 27 N–H and O–H groups in total. The van der Waals surface area contributed by atoms with Crippen molar-refractivity contribution in [2.75, 3.05) is 85.3 Å². The van der Waals surface area contributed by atoms with E-state index in [1.165, 1.54) is 12.1 Å². The van der Waals surface area contributed by atoms with Gasteiger partial charge in [-0.15, -0.1) is 0 Å². The summed E-state index contributed by atoms with van der Waals surface area (Å²) in [5, 5.41) is 108. The highest BCUT2D eigenvalue weighted by Gasteiger charge is 2.35. The number of benzene rings is 4. The number of amides is 18. The summed E-state index contributed by atoms with van der Waals surface area (Å²) in [6, 6.07) is 14.4. The second-order valence-corrected chi connectivity index (χ2v) is 26.1. The van der Waals surface area contributed by atoms with Gasteiger partial charge >= 0.3 is 17.9 Å². The Bertz CT molecular complexity index is 4290. The van der Waals surface area contributed by atoms with Gasteiger partial charge in [-0.2, -0.15) is 0 Å². The van der Waals surface area contributed by atoms with E-state index < -0.39 is 283 Å². The second-order valence-electron chi connectivity index (χ2n) is 26.1. The minimum absolute atomic E-state index is 0.0918. The van der Waals surface area contributed by atoms with Gasteiger partial charge in [-0.1, -0.05) is 121 Å². The van der Waals surface area contributed by atoms with Gasteiger partial charge in [0.2, 0.25) is 106 Å². The number of rotatable bonds is 53. The molecule has 0 aliphatic heterocycles. The van der Waals surface area contributed by atoms with Crippen molar-refractivity contribution in [2.45, 2.75) is 98.9 Å². The molecular weight excluding hydrogens is 1600 g/mol. The number of aliphatic hydroxyl groups is 4. The average molecular weight is 1700 g/mol. The summed E-state index contributed by atoms with van der Waals surface area (Å²) < 4.78 is 0. The standard InChI is InChI=1S/C74H95N19O28/c75-27-54(98)76-28-55(99)77-29-56(100)86-48(25-62(106)107)67(114)79-33-60(104)88-52(38-96)73(120)90-46(23-42-17-9-3-10-18-42)71(118)92-50(36-94)69(116)81-31-57(101)84-44(21-40-13-5-1-6-14-40)65(112)78-30-59(103)87-49(26-63(108)109)68(115)80-34-61(105)89-53(39-97)74(121)91-47(24-43-19-11-4-12-20-43)72(119)93-51(37-95)70(117)82-32-58(102)85-45(66(113)83-35-64(110)111)22-41-15-7-2-8-16-41/h1-20,44-53,94-97H,21-39,75H2,(H,76,98)(H,77,99)(H,78,112)(H,79,114)(H,80,115)(H,81,116)(H,82,117)(H,83,113)(H,84,101)(H,85,102)(H,86,100)(H,87,103)(H,88,104)(H,89,105)(H,90,120)(H,91,121)(H,92,118)(H,93,119)(H,106,107)(H,108,109)(H,110,111)/t44-,45-,46-,47-,48-,49-,50-,51-,52-,53-/m0/s1. The highest BCUT2D eigenvalue weighted by atomic mass is 16.4. The van der Waals surface area contributed by atoms with Crippen LogP contribution in [-0.2, 0) is 126 Å². The lowest BCUT2D eigenvalue weighted by Crippen LogP contribution is -2.59. The molecule has 0 spiro atoms. The quantitative estimate of drug-likeness (QED) is 0.0195. The van der Waals surface area contributed by atoms with Crippen LogP contribution in [0.5, 0.6) is 0 Å². The summed E-state index contributed by atoms with van der Waals surface area (Å²) >= 11 is 0. The van der Waals surface area contributed by atoms with Crippen LogP contribution in [-0.4, -0.2) is 306 Å². The first-order chi connectivity index (χ1) is 57.6. The maximum Gasteiger partial charge on any atom is 0.322 e. The van der Waals surface area contributed by atoms with E-state index in [-0.39, 0.29) is 25.7 Å². The topological polar surface area (TPSA) is 743 Å². The fourth-order valence-electron chi connectivity index (χ4n) is 10.6. The van der Waals surface area contributed by atoms with Crippen molar-refractivity contribution < 1.29 is 136 Å². The summed E-state index contributed by atoms with van der Waals surface area (Å²) in [6.07, 6.45) is -3.18. The van der Waals surface area contributed by atoms with Crippen LogP contribution >= 0.6 is 0 Å². The van der Waals surface area contributed by atoms with E-state index in [4.69, 9.17) is 10.8 Å². The number of hydrogen-bond donors (Lipinski definition) is 26. The van der Waals surface area contributed by atoms with Gasteiger partial charge in [0.1, 0.15) is 67.0 Å². The van der Waals surface area contributed by atoms with Crippen molar-refractivity contribution in [1.29, 1.82) is 0 Å². The molecule has 47 nitrogen and oxygen atoms in total. The lowest BCUT2D eigenvalue weighted by Gasteiger charge is -2.24. The Hall–Kier alpha value is -14.5. The minimum atomic E-state index is -1.98. The molecule has 0 aromatic heterocycles. The zero-order chi connectivity index (χ0) is 89.5. The molecule has 654 valence electrons. The zero-order valence-corrected chi connectivity index (χ0v) is 64.5. The van der Waals surface area contributed by atoms with Gasteiger partial charge in [0.15, 0.2) is 0 Å². The predicted octanol–water partition coefficient (Wildman–Crippen LogP) is -13.3. The van der Waals surface area contributed by atoms with E-state index in [2.05, 4.69) is 95.7 Å². The first-order valence-corrected chi connectivity index (χ1v) is 36.8. The number of carbonyl (C=O) groups is 21. The Balaban J connectivity index is 1.34.